The molecule has 2 rings (SSSR count). The minimum absolute atomic E-state index is 0.0717. The molecule has 0 amide bonds. The molecule has 5 nitrogen and oxygen atoms in total. The molecule has 2 atom stereocenters. The molecule has 5 heteroatoms. The van der Waals surface area contributed by atoms with Crippen LogP contribution in [-0.2, 0) is 11.3 Å². The van der Waals surface area contributed by atoms with Crippen LogP contribution < -0.4 is 5.73 Å². The van der Waals surface area contributed by atoms with Gasteiger partial charge < -0.3 is 15.0 Å². The summed E-state index contributed by atoms with van der Waals surface area (Å²) in [7, 11) is 0. The van der Waals surface area contributed by atoms with Crippen LogP contribution in [0.15, 0.2) is 4.52 Å². The number of aromatic nitrogens is 1. The number of aryl methyl sites for hydroxylation is 2. The second-order valence-electron chi connectivity index (χ2n) is 4.81. The molecule has 1 aliphatic heterocycles. The number of hydrogen-bond donors (Lipinski definition) is 1. The predicted molar refractivity (Wildman–Crippen MR) is 64.6 cm³/mol. The van der Waals surface area contributed by atoms with E-state index >= 15 is 0 Å². The molecule has 1 aromatic heterocycles. The molecule has 0 spiro atoms. The first-order chi connectivity index (χ1) is 8.08. The maximum Gasteiger partial charge on any atom is 0.138 e. The molecule has 0 bridgehead atoms. The van der Waals surface area contributed by atoms with Gasteiger partial charge in [-0.05, 0) is 20.8 Å². The molecule has 96 valence electrons. The van der Waals surface area contributed by atoms with E-state index in [9.17, 15) is 0 Å². The van der Waals surface area contributed by atoms with Gasteiger partial charge in [0.15, 0.2) is 0 Å². The maximum atomic E-state index is 5.88. The predicted octanol–water partition coefficient (Wildman–Crippen LogP) is 0.839. The fourth-order valence-electron chi connectivity index (χ4n) is 2.14. The zero-order chi connectivity index (χ0) is 12.4. The number of morpholine rings is 1. The van der Waals surface area contributed by atoms with Crippen LogP contribution in [0.25, 0.3) is 0 Å². The third-order valence-corrected chi connectivity index (χ3v) is 3.33. The van der Waals surface area contributed by atoms with E-state index in [1.165, 1.54) is 5.56 Å². The Morgan fingerprint density at radius 2 is 2.29 bits per heavy atom. The summed E-state index contributed by atoms with van der Waals surface area (Å²) >= 11 is 0. The third-order valence-electron chi connectivity index (χ3n) is 3.33. The van der Waals surface area contributed by atoms with Crippen molar-refractivity contribution >= 4 is 0 Å². The van der Waals surface area contributed by atoms with Crippen LogP contribution in [0.4, 0.5) is 0 Å². The molecule has 17 heavy (non-hydrogen) atoms. The average Bonchev–Trinajstić information content (AvgIpc) is 2.61. The van der Waals surface area contributed by atoms with Crippen LogP contribution in [-0.4, -0.2) is 41.9 Å². The van der Waals surface area contributed by atoms with Gasteiger partial charge in [0.2, 0.25) is 0 Å². The SMILES string of the molecule is Cc1noc(C)c1CN1CCOC(C(C)N)C1. The smallest absolute Gasteiger partial charge is 0.138 e. The summed E-state index contributed by atoms with van der Waals surface area (Å²) in [6.45, 7) is 9.36. The summed E-state index contributed by atoms with van der Waals surface area (Å²) < 4.78 is 10.8. The van der Waals surface area contributed by atoms with E-state index in [1.54, 1.807) is 0 Å². The van der Waals surface area contributed by atoms with Crippen LogP contribution in [0.3, 0.4) is 0 Å². The van der Waals surface area contributed by atoms with Gasteiger partial charge in [0.25, 0.3) is 0 Å². The number of nitrogens with zero attached hydrogens (tertiary/aromatic N) is 2. The van der Waals surface area contributed by atoms with Crippen molar-refractivity contribution < 1.29 is 9.26 Å². The minimum Gasteiger partial charge on any atom is -0.374 e. The van der Waals surface area contributed by atoms with E-state index in [-0.39, 0.29) is 12.1 Å². The van der Waals surface area contributed by atoms with Crippen LogP contribution >= 0.6 is 0 Å². The Kier molecular flexibility index (Phi) is 3.81. The number of rotatable bonds is 3. The summed E-state index contributed by atoms with van der Waals surface area (Å²) in [6, 6.07) is 0.0717. The van der Waals surface area contributed by atoms with Gasteiger partial charge in [0, 0.05) is 31.2 Å². The van der Waals surface area contributed by atoms with Crippen molar-refractivity contribution in [2.24, 2.45) is 5.73 Å². The Bertz CT molecular complexity index is 356. The highest BCUT2D eigenvalue weighted by Gasteiger charge is 2.24. The summed E-state index contributed by atoms with van der Waals surface area (Å²) in [6.07, 6.45) is 0.129. The molecule has 0 saturated carbocycles. The first kappa shape index (κ1) is 12.5. The molecular weight excluding hydrogens is 218 g/mol. The molecule has 1 aliphatic rings. The highest BCUT2D eigenvalue weighted by atomic mass is 16.5. The fraction of sp³-hybridized carbons (Fsp3) is 0.750. The van der Waals surface area contributed by atoms with E-state index in [1.807, 2.05) is 20.8 Å². The standard InChI is InChI=1S/C12H21N3O2/c1-8(13)12-7-15(4-5-16-12)6-11-9(2)14-17-10(11)3/h8,12H,4-7,13H2,1-3H3. The van der Waals surface area contributed by atoms with Gasteiger partial charge in [-0.25, -0.2) is 0 Å². The van der Waals surface area contributed by atoms with E-state index < -0.39 is 0 Å². The Labute approximate surface area is 102 Å². The lowest BCUT2D eigenvalue weighted by atomic mass is 10.1. The van der Waals surface area contributed by atoms with Gasteiger partial charge in [-0.3, -0.25) is 4.90 Å². The van der Waals surface area contributed by atoms with E-state index in [4.69, 9.17) is 15.0 Å². The first-order valence-electron chi connectivity index (χ1n) is 6.09. The van der Waals surface area contributed by atoms with Gasteiger partial charge in [-0.2, -0.15) is 0 Å². The molecule has 2 unspecified atom stereocenters. The van der Waals surface area contributed by atoms with E-state index in [0.29, 0.717) is 0 Å². The van der Waals surface area contributed by atoms with Gasteiger partial charge in [0.05, 0.1) is 18.4 Å². The summed E-state index contributed by atoms with van der Waals surface area (Å²) in [4.78, 5) is 2.35. The molecule has 1 saturated heterocycles. The molecule has 1 fully saturated rings. The number of hydrogen-bond acceptors (Lipinski definition) is 5. The molecule has 2 heterocycles. The molecule has 0 aromatic carbocycles. The molecule has 0 aliphatic carbocycles. The lowest BCUT2D eigenvalue weighted by molar-refractivity contribution is -0.0405. The minimum atomic E-state index is 0.0717. The van der Waals surface area contributed by atoms with Gasteiger partial charge in [-0.15, -0.1) is 0 Å². The second kappa shape index (κ2) is 5.16. The maximum absolute atomic E-state index is 5.88. The number of nitrogens with two attached hydrogens (primary N) is 1. The topological polar surface area (TPSA) is 64.5 Å². The van der Waals surface area contributed by atoms with Crippen molar-refractivity contribution in [2.75, 3.05) is 19.7 Å². The summed E-state index contributed by atoms with van der Waals surface area (Å²) in [5, 5.41) is 3.98. The monoisotopic (exact) mass is 239 g/mol. The molecule has 0 radical (unpaired) electrons. The van der Waals surface area contributed by atoms with Crippen LogP contribution in [0, 0.1) is 13.8 Å². The Hall–Kier alpha value is -0.910. The Morgan fingerprint density at radius 1 is 1.53 bits per heavy atom. The highest BCUT2D eigenvalue weighted by Crippen LogP contribution is 2.17. The van der Waals surface area contributed by atoms with E-state index in [0.717, 1.165) is 37.7 Å². The lowest BCUT2D eigenvalue weighted by Gasteiger charge is -2.34. The summed E-state index contributed by atoms with van der Waals surface area (Å²) in [5.74, 6) is 0.909. The van der Waals surface area contributed by atoms with Crippen molar-refractivity contribution in [3.63, 3.8) is 0 Å². The van der Waals surface area contributed by atoms with Crippen molar-refractivity contribution in [1.29, 1.82) is 0 Å². The zero-order valence-corrected chi connectivity index (χ0v) is 10.8. The summed E-state index contributed by atoms with van der Waals surface area (Å²) in [5.41, 5.74) is 8.05. The van der Waals surface area contributed by atoms with Crippen molar-refractivity contribution in [1.82, 2.24) is 10.1 Å². The van der Waals surface area contributed by atoms with Crippen LogP contribution in [0.2, 0.25) is 0 Å². The van der Waals surface area contributed by atoms with E-state index in [2.05, 4.69) is 10.1 Å². The fourth-order valence-corrected chi connectivity index (χ4v) is 2.14. The zero-order valence-electron chi connectivity index (χ0n) is 10.8. The first-order valence-corrected chi connectivity index (χ1v) is 6.09. The number of ether oxygens (including phenoxy) is 1. The van der Waals surface area contributed by atoms with Crippen molar-refractivity contribution in [2.45, 2.75) is 39.5 Å². The highest BCUT2D eigenvalue weighted by molar-refractivity contribution is 5.20. The molecule has 2 N–H and O–H groups in total. The molecular formula is C12H21N3O2. The van der Waals surface area contributed by atoms with Gasteiger partial charge in [0.1, 0.15) is 5.76 Å². The Balaban J connectivity index is 1.99. The quantitative estimate of drug-likeness (QED) is 0.846. The average molecular weight is 239 g/mol. The van der Waals surface area contributed by atoms with Crippen LogP contribution in [0.5, 0.6) is 0 Å². The van der Waals surface area contributed by atoms with Gasteiger partial charge in [-0.1, -0.05) is 5.16 Å². The second-order valence-corrected chi connectivity index (χ2v) is 4.81. The third kappa shape index (κ3) is 2.86. The Morgan fingerprint density at radius 3 is 2.88 bits per heavy atom. The van der Waals surface area contributed by atoms with Crippen molar-refractivity contribution in [3.05, 3.63) is 17.0 Å². The molecule has 1 aromatic rings. The van der Waals surface area contributed by atoms with Crippen LogP contribution in [0.1, 0.15) is 23.9 Å². The van der Waals surface area contributed by atoms with Gasteiger partial charge >= 0.3 is 0 Å². The largest absolute Gasteiger partial charge is 0.374 e. The normalized spacial score (nSPS) is 23.9. The lowest BCUT2D eigenvalue weighted by Crippen LogP contribution is -2.49. The van der Waals surface area contributed by atoms with Crippen molar-refractivity contribution in [3.8, 4) is 0 Å².